The molecule has 1 aliphatic rings. The maximum Gasteiger partial charge on any atom is 0.172 e. The van der Waals surface area contributed by atoms with Crippen LogP contribution in [0.25, 0.3) is 22.3 Å². The molecule has 0 aromatic heterocycles. The number of anilines is 3. The molecule has 0 saturated carbocycles. The van der Waals surface area contributed by atoms with E-state index in [4.69, 9.17) is 9.47 Å². The number of halogens is 1. The number of benzene rings is 6. The predicted molar refractivity (Wildman–Crippen MR) is 159 cm³/mol. The Bertz CT molecular complexity index is 1780. The highest BCUT2D eigenvalue weighted by Gasteiger charge is 2.21. The van der Waals surface area contributed by atoms with Gasteiger partial charge in [0, 0.05) is 17.4 Å². The van der Waals surface area contributed by atoms with Crippen LogP contribution in [0.15, 0.2) is 146 Å². The van der Waals surface area contributed by atoms with E-state index < -0.39 is 0 Å². The van der Waals surface area contributed by atoms with Crippen LogP contribution in [0.3, 0.4) is 0 Å². The largest absolute Gasteiger partial charge is 0.450 e. The number of rotatable bonds is 5. The van der Waals surface area contributed by atoms with Gasteiger partial charge in [-0.1, -0.05) is 78.9 Å². The van der Waals surface area contributed by atoms with Gasteiger partial charge in [0.05, 0.1) is 5.69 Å². The van der Waals surface area contributed by atoms with Crippen molar-refractivity contribution in [2.24, 2.45) is 0 Å². The summed E-state index contributed by atoms with van der Waals surface area (Å²) in [4.78, 5) is 2.19. The monoisotopic (exact) mass is 521 g/mol. The zero-order valence-electron chi connectivity index (χ0n) is 21.5. The summed E-state index contributed by atoms with van der Waals surface area (Å²) in [6.45, 7) is 0. The molecule has 4 heteroatoms. The highest BCUT2D eigenvalue weighted by molar-refractivity contribution is 5.81. The molecule has 192 valence electrons. The molecule has 7 rings (SSSR count). The van der Waals surface area contributed by atoms with Gasteiger partial charge >= 0.3 is 0 Å². The summed E-state index contributed by atoms with van der Waals surface area (Å²) in [5.41, 5.74) is 7.22. The fourth-order valence-corrected chi connectivity index (χ4v) is 4.98. The minimum atomic E-state index is -0.244. The Kier molecular flexibility index (Phi) is 5.98. The standard InChI is InChI=1S/C36H24FNO2/c37-29-16-10-26(11-17-29)28-14-20-31(21-15-28)38(30-18-12-27(13-19-30)25-6-2-1-3-7-25)32-22-23-35-36(24-32)40-34-9-5-4-8-33(34)39-35/h1-24H. The van der Waals surface area contributed by atoms with E-state index in [9.17, 15) is 4.39 Å². The molecule has 1 heterocycles. The van der Waals surface area contributed by atoms with Gasteiger partial charge in [-0.05, 0) is 82.9 Å². The Morgan fingerprint density at radius 1 is 0.375 bits per heavy atom. The average molecular weight is 522 g/mol. The lowest BCUT2D eigenvalue weighted by molar-refractivity contribution is 0.360. The quantitative estimate of drug-likeness (QED) is 0.225. The van der Waals surface area contributed by atoms with Crippen LogP contribution in [0.5, 0.6) is 23.0 Å². The van der Waals surface area contributed by atoms with Gasteiger partial charge in [0.25, 0.3) is 0 Å². The van der Waals surface area contributed by atoms with Crippen molar-refractivity contribution in [1.82, 2.24) is 0 Å². The molecule has 3 nitrogen and oxygen atoms in total. The summed E-state index contributed by atoms with van der Waals surface area (Å²) in [7, 11) is 0. The van der Waals surface area contributed by atoms with Crippen LogP contribution in [-0.4, -0.2) is 0 Å². The van der Waals surface area contributed by atoms with Gasteiger partial charge in [-0.15, -0.1) is 0 Å². The highest BCUT2D eigenvalue weighted by atomic mass is 19.1. The number of hydrogen-bond donors (Lipinski definition) is 0. The Morgan fingerprint density at radius 3 is 1.38 bits per heavy atom. The maximum atomic E-state index is 13.5. The first-order valence-corrected chi connectivity index (χ1v) is 13.1. The van der Waals surface area contributed by atoms with Crippen molar-refractivity contribution in [2.45, 2.75) is 0 Å². The molecule has 40 heavy (non-hydrogen) atoms. The second kappa shape index (κ2) is 10.1. The molecule has 6 aromatic carbocycles. The number of para-hydroxylation sites is 2. The Morgan fingerprint density at radius 2 is 0.800 bits per heavy atom. The number of nitrogens with zero attached hydrogens (tertiary/aromatic N) is 1. The smallest absolute Gasteiger partial charge is 0.172 e. The summed E-state index contributed by atoms with van der Waals surface area (Å²) < 4.78 is 25.8. The number of ether oxygens (including phenoxy) is 2. The van der Waals surface area contributed by atoms with Gasteiger partial charge in [0.1, 0.15) is 5.82 Å². The second-order valence-electron chi connectivity index (χ2n) is 9.58. The van der Waals surface area contributed by atoms with Crippen LogP contribution in [0, 0.1) is 5.82 Å². The topological polar surface area (TPSA) is 21.7 Å². The van der Waals surface area contributed by atoms with Crippen LogP contribution >= 0.6 is 0 Å². The van der Waals surface area contributed by atoms with E-state index in [1.165, 1.54) is 17.7 Å². The Hall–Kier alpha value is -5.35. The van der Waals surface area contributed by atoms with Crippen molar-refractivity contribution in [3.05, 3.63) is 151 Å². The first kappa shape index (κ1) is 23.7. The lowest BCUT2D eigenvalue weighted by Gasteiger charge is -2.28. The fraction of sp³-hybridized carbons (Fsp3) is 0. The number of hydrogen-bond acceptors (Lipinski definition) is 3. The first-order chi connectivity index (χ1) is 19.7. The van der Waals surface area contributed by atoms with Crippen molar-refractivity contribution in [1.29, 1.82) is 0 Å². The van der Waals surface area contributed by atoms with E-state index in [1.54, 1.807) is 12.1 Å². The zero-order valence-corrected chi connectivity index (χ0v) is 21.5. The van der Waals surface area contributed by atoms with Crippen molar-refractivity contribution in [3.63, 3.8) is 0 Å². The summed E-state index contributed by atoms with van der Waals surface area (Å²) >= 11 is 0. The van der Waals surface area contributed by atoms with Crippen molar-refractivity contribution in [2.75, 3.05) is 4.90 Å². The molecular formula is C36H24FNO2. The molecule has 0 amide bonds. The molecule has 0 fully saturated rings. The molecule has 0 saturated heterocycles. The van der Waals surface area contributed by atoms with Crippen LogP contribution < -0.4 is 14.4 Å². The Labute approximate surface area is 232 Å². The van der Waals surface area contributed by atoms with Crippen molar-refractivity contribution < 1.29 is 13.9 Å². The third kappa shape index (κ3) is 4.56. The molecule has 0 unspecified atom stereocenters. The molecule has 1 aliphatic heterocycles. The molecule has 0 bridgehead atoms. The van der Waals surface area contributed by atoms with Crippen LogP contribution in [0.1, 0.15) is 0 Å². The van der Waals surface area contributed by atoms with E-state index in [0.29, 0.717) is 23.0 Å². The number of fused-ring (bicyclic) bond motifs is 2. The van der Waals surface area contributed by atoms with Gasteiger partial charge < -0.3 is 14.4 Å². The normalized spacial score (nSPS) is 11.5. The molecule has 0 spiro atoms. The van der Waals surface area contributed by atoms with Crippen LogP contribution in [-0.2, 0) is 0 Å². The van der Waals surface area contributed by atoms with Crippen LogP contribution in [0.4, 0.5) is 21.5 Å². The van der Waals surface area contributed by atoms with Crippen LogP contribution in [0.2, 0.25) is 0 Å². The van der Waals surface area contributed by atoms with Gasteiger partial charge in [-0.25, -0.2) is 4.39 Å². The Balaban J connectivity index is 1.28. The second-order valence-corrected chi connectivity index (χ2v) is 9.58. The molecule has 0 N–H and O–H groups in total. The zero-order chi connectivity index (χ0) is 26.9. The maximum absolute atomic E-state index is 13.5. The van der Waals surface area contributed by atoms with Gasteiger partial charge in [0.2, 0.25) is 0 Å². The molecule has 0 atom stereocenters. The predicted octanol–water partition coefficient (Wildman–Crippen LogP) is 10.5. The minimum absolute atomic E-state index is 0.244. The third-order valence-corrected chi connectivity index (χ3v) is 7.01. The van der Waals surface area contributed by atoms with Crippen molar-refractivity contribution in [3.8, 4) is 45.3 Å². The van der Waals surface area contributed by atoms with E-state index in [2.05, 4.69) is 65.6 Å². The molecule has 6 aromatic rings. The summed E-state index contributed by atoms with van der Waals surface area (Å²) in [5.74, 6) is 2.48. The molecule has 0 aliphatic carbocycles. The van der Waals surface area contributed by atoms with Crippen molar-refractivity contribution >= 4 is 17.1 Å². The minimum Gasteiger partial charge on any atom is -0.450 e. The van der Waals surface area contributed by atoms with Gasteiger partial charge in [0.15, 0.2) is 23.0 Å². The molecule has 0 radical (unpaired) electrons. The highest BCUT2D eigenvalue weighted by Crippen LogP contribution is 2.48. The fourth-order valence-electron chi connectivity index (χ4n) is 4.98. The average Bonchev–Trinajstić information content (AvgIpc) is 3.02. The summed E-state index contributed by atoms with van der Waals surface area (Å²) in [6, 6.07) is 47.3. The summed E-state index contributed by atoms with van der Waals surface area (Å²) in [6.07, 6.45) is 0. The third-order valence-electron chi connectivity index (χ3n) is 7.01. The van der Waals surface area contributed by atoms with E-state index in [1.807, 2.05) is 60.7 Å². The van der Waals surface area contributed by atoms with Gasteiger partial charge in [-0.3, -0.25) is 0 Å². The van der Waals surface area contributed by atoms with Gasteiger partial charge in [-0.2, -0.15) is 0 Å². The van der Waals surface area contributed by atoms with E-state index in [0.717, 1.165) is 33.8 Å². The lowest BCUT2D eigenvalue weighted by atomic mass is 10.0. The SMILES string of the molecule is Fc1ccc(-c2ccc(N(c3ccc(-c4ccccc4)cc3)c3ccc4c(c3)Oc3ccccc3O4)cc2)cc1. The van der Waals surface area contributed by atoms with E-state index in [-0.39, 0.29) is 5.82 Å². The summed E-state index contributed by atoms with van der Waals surface area (Å²) in [5, 5.41) is 0. The van der Waals surface area contributed by atoms with E-state index >= 15 is 0 Å². The molecular weight excluding hydrogens is 497 g/mol. The lowest BCUT2D eigenvalue weighted by Crippen LogP contribution is -2.10. The first-order valence-electron chi connectivity index (χ1n) is 13.1.